The van der Waals surface area contributed by atoms with Gasteiger partial charge in [0.25, 0.3) is 5.91 Å². The first-order valence-electron chi connectivity index (χ1n) is 12.6. The number of fused-ring (bicyclic) bond motifs is 2. The number of esters is 1. The Morgan fingerprint density at radius 3 is 2.50 bits per heavy atom. The maximum atomic E-state index is 13.6. The molecule has 0 aliphatic heterocycles. The standard InChI is InChI=1S/C30H29N5O3/c1-4-38-27(36)17-22-7-5-6-8-25(22)33-30(37)28-24-16-21(11-12-26(24)35(34-28)18(2)3)20-10-9-19-13-14-32-29(31)23(19)15-20/h5-16,18H,4,17H2,1-3H3,(H2,31,32)(H,33,37). The summed E-state index contributed by atoms with van der Waals surface area (Å²) in [6.07, 6.45) is 1.76. The van der Waals surface area contributed by atoms with Gasteiger partial charge in [-0.3, -0.25) is 14.3 Å². The molecule has 8 heteroatoms. The maximum Gasteiger partial charge on any atom is 0.310 e. The Balaban J connectivity index is 1.55. The number of nitrogens with two attached hydrogens (primary N) is 1. The second kappa shape index (κ2) is 10.3. The second-order valence-corrected chi connectivity index (χ2v) is 9.34. The fourth-order valence-corrected chi connectivity index (χ4v) is 4.60. The monoisotopic (exact) mass is 507 g/mol. The molecule has 5 aromatic rings. The topological polar surface area (TPSA) is 112 Å². The number of ether oxygens (including phenoxy) is 1. The van der Waals surface area contributed by atoms with Crippen LogP contribution in [0.25, 0.3) is 32.8 Å². The van der Waals surface area contributed by atoms with Gasteiger partial charge in [-0.25, -0.2) is 4.98 Å². The Hall–Kier alpha value is -4.72. The highest BCUT2D eigenvalue weighted by Gasteiger charge is 2.21. The van der Waals surface area contributed by atoms with Gasteiger partial charge < -0.3 is 15.8 Å². The first-order chi connectivity index (χ1) is 18.4. The van der Waals surface area contributed by atoms with Gasteiger partial charge in [0.2, 0.25) is 0 Å². The summed E-state index contributed by atoms with van der Waals surface area (Å²) in [5, 5.41) is 10.3. The van der Waals surface area contributed by atoms with E-state index >= 15 is 0 Å². The van der Waals surface area contributed by atoms with Crippen molar-refractivity contribution < 1.29 is 14.3 Å². The van der Waals surface area contributed by atoms with Gasteiger partial charge in [-0.15, -0.1) is 0 Å². The Morgan fingerprint density at radius 2 is 1.74 bits per heavy atom. The van der Waals surface area contributed by atoms with Gasteiger partial charge >= 0.3 is 5.97 Å². The van der Waals surface area contributed by atoms with Crippen LogP contribution < -0.4 is 11.1 Å². The molecule has 0 atom stereocenters. The van der Waals surface area contributed by atoms with Crippen molar-refractivity contribution in [2.75, 3.05) is 17.7 Å². The van der Waals surface area contributed by atoms with E-state index in [4.69, 9.17) is 10.5 Å². The van der Waals surface area contributed by atoms with E-state index < -0.39 is 0 Å². The number of amides is 1. The minimum Gasteiger partial charge on any atom is -0.466 e. The first kappa shape index (κ1) is 25.0. The van der Waals surface area contributed by atoms with Gasteiger partial charge in [-0.1, -0.05) is 36.4 Å². The van der Waals surface area contributed by atoms with E-state index in [1.165, 1.54) is 0 Å². The largest absolute Gasteiger partial charge is 0.466 e. The van der Waals surface area contributed by atoms with Crippen molar-refractivity contribution in [2.24, 2.45) is 0 Å². The highest BCUT2D eigenvalue weighted by Crippen LogP contribution is 2.31. The van der Waals surface area contributed by atoms with E-state index in [0.717, 1.165) is 32.8 Å². The average Bonchev–Trinajstić information content (AvgIpc) is 3.29. The van der Waals surface area contributed by atoms with Gasteiger partial charge in [0.05, 0.1) is 18.5 Å². The summed E-state index contributed by atoms with van der Waals surface area (Å²) >= 11 is 0. The molecule has 0 unspecified atom stereocenters. The third-order valence-corrected chi connectivity index (χ3v) is 6.45. The minimum absolute atomic E-state index is 0.0486. The summed E-state index contributed by atoms with van der Waals surface area (Å²) in [5.74, 6) is -0.228. The molecule has 0 radical (unpaired) electrons. The first-order valence-corrected chi connectivity index (χ1v) is 12.6. The van der Waals surface area contributed by atoms with Crippen LogP contribution in [-0.2, 0) is 16.0 Å². The smallest absolute Gasteiger partial charge is 0.310 e. The van der Waals surface area contributed by atoms with Crippen molar-refractivity contribution in [3.63, 3.8) is 0 Å². The number of hydrogen-bond donors (Lipinski definition) is 2. The summed E-state index contributed by atoms with van der Waals surface area (Å²) in [4.78, 5) is 29.9. The molecule has 0 aliphatic rings. The number of nitrogens with one attached hydrogen (secondary N) is 1. The van der Waals surface area contributed by atoms with Crippen LogP contribution in [0.3, 0.4) is 0 Å². The molecular weight excluding hydrogens is 478 g/mol. The molecule has 0 spiro atoms. The number of anilines is 2. The van der Waals surface area contributed by atoms with Crippen molar-refractivity contribution in [3.05, 3.63) is 84.2 Å². The molecule has 0 saturated carbocycles. The van der Waals surface area contributed by atoms with Gasteiger partial charge in [0, 0.05) is 28.7 Å². The molecule has 38 heavy (non-hydrogen) atoms. The van der Waals surface area contributed by atoms with Crippen LogP contribution in [0.1, 0.15) is 42.9 Å². The zero-order valence-electron chi connectivity index (χ0n) is 21.6. The Bertz CT molecular complexity index is 1670. The Labute approximate surface area is 220 Å². The molecule has 2 heterocycles. The summed E-state index contributed by atoms with van der Waals surface area (Å²) in [6.45, 7) is 6.11. The van der Waals surface area contributed by atoms with Gasteiger partial charge in [0.15, 0.2) is 5.69 Å². The lowest BCUT2D eigenvalue weighted by Crippen LogP contribution is -2.16. The summed E-state index contributed by atoms with van der Waals surface area (Å²) in [5.41, 5.74) is 10.4. The molecule has 192 valence electrons. The molecule has 0 fully saturated rings. The fraction of sp³-hybridized carbons (Fsp3) is 0.200. The maximum absolute atomic E-state index is 13.6. The van der Waals surface area contributed by atoms with Crippen LogP contribution in [0.2, 0.25) is 0 Å². The number of nitrogens with zero attached hydrogens (tertiary/aromatic N) is 3. The normalized spacial score (nSPS) is 11.3. The average molecular weight is 508 g/mol. The third kappa shape index (κ3) is 4.80. The zero-order valence-corrected chi connectivity index (χ0v) is 21.6. The lowest BCUT2D eigenvalue weighted by atomic mass is 10.00. The van der Waals surface area contributed by atoms with E-state index in [2.05, 4.69) is 15.4 Å². The molecule has 3 aromatic carbocycles. The van der Waals surface area contributed by atoms with E-state index in [1.54, 1.807) is 25.3 Å². The van der Waals surface area contributed by atoms with Crippen LogP contribution in [0.4, 0.5) is 11.5 Å². The summed E-state index contributed by atoms with van der Waals surface area (Å²) < 4.78 is 6.94. The number of rotatable bonds is 7. The van der Waals surface area contributed by atoms with Gasteiger partial charge in [-0.2, -0.15) is 5.10 Å². The number of pyridine rings is 1. The van der Waals surface area contributed by atoms with Crippen molar-refractivity contribution in [3.8, 4) is 11.1 Å². The van der Waals surface area contributed by atoms with Crippen LogP contribution in [0, 0.1) is 0 Å². The van der Waals surface area contributed by atoms with E-state index in [1.807, 2.05) is 73.1 Å². The molecular formula is C30H29N5O3. The van der Waals surface area contributed by atoms with E-state index in [9.17, 15) is 9.59 Å². The lowest BCUT2D eigenvalue weighted by Gasteiger charge is -2.10. The molecule has 5 rings (SSSR count). The van der Waals surface area contributed by atoms with Crippen molar-refractivity contribution >= 4 is 45.1 Å². The molecule has 3 N–H and O–H groups in total. The molecule has 0 saturated heterocycles. The van der Waals surface area contributed by atoms with Crippen molar-refractivity contribution in [2.45, 2.75) is 33.2 Å². The number of benzene rings is 3. The van der Waals surface area contributed by atoms with Crippen LogP contribution in [0.5, 0.6) is 0 Å². The minimum atomic E-state index is -0.352. The fourth-order valence-electron chi connectivity index (χ4n) is 4.60. The van der Waals surface area contributed by atoms with Crippen molar-refractivity contribution in [1.82, 2.24) is 14.8 Å². The second-order valence-electron chi connectivity index (χ2n) is 9.34. The molecule has 2 aromatic heterocycles. The molecule has 0 aliphatic carbocycles. The number of carbonyl (C=O) groups is 2. The van der Waals surface area contributed by atoms with E-state index in [-0.39, 0.29) is 24.3 Å². The number of para-hydroxylation sites is 1. The van der Waals surface area contributed by atoms with E-state index in [0.29, 0.717) is 29.4 Å². The number of carbonyl (C=O) groups excluding carboxylic acids is 2. The zero-order chi connectivity index (χ0) is 26.8. The summed E-state index contributed by atoms with van der Waals surface area (Å²) in [6, 6.07) is 21.2. The summed E-state index contributed by atoms with van der Waals surface area (Å²) in [7, 11) is 0. The number of hydrogen-bond acceptors (Lipinski definition) is 6. The predicted molar refractivity (Wildman–Crippen MR) is 150 cm³/mol. The Kier molecular flexibility index (Phi) is 6.79. The third-order valence-electron chi connectivity index (χ3n) is 6.45. The van der Waals surface area contributed by atoms with Crippen LogP contribution in [0.15, 0.2) is 72.9 Å². The van der Waals surface area contributed by atoms with Gasteiger partial charge in [0.1, 0.15) is 5.82 Å². The predicted octanol–water partition coefficient (Wildman–Crippen LogP) is 5.77. The van der Waals surface area contributed by atoms with Crippen molar-refractivity contribution in [1.29, 1.82) is 0 Å². The quantitative estimate of drug-likeness (QED) is 0.270. The van der Waals surface area contributed by atoms with Crippen LogP contribution >= 0.6 is 0 Å². The molecule has 8 nitrogen and oxygen atoms in total. The molecule has 1 amide bonds. The Morgan fingerprint density at radius 1 is 1.00 bits per heavy atom. The van der Waals surface area contributed by atoms with Crippen LogP contribution in [-0.4, -0.2) is 33.2 Å². The molecule has 0 bridgehead atoms. The van der Waals surface area contributed by atoms with Gasteiger partial charge in [-0.05, 0) is 73.2 Å². The highest BCUT2D eigenvalue weighted by atomic mass is 16.5. The SMILES string of the molecule is CCOC(=O)Cc1ccccc1NC(=O)c1nn(C(C)C)c2ccc(-c3ccc4ccnc(N)c4c3)cc12. The number of nitrogen functional groups attached to an aromatic ring is 1. The lowest BCUT2D eigenvalue weighted by molar-refractivity contribution is -0.142. The number of aromatic nitrogens is 3. The highest BCUT2D eigenvalue weighted by molar-refractivity contribution is 6.12.